The van der Waals surface area contributed by atoms with Gasteiger partial charge in [-0.3, -0.25) is 19.8 Å². The van der Waals surface area contributed by atoms with Gasteiger partial charge in [-0.25, -0.2) is 11.3 Å². The number of hydrazone groups is 1. The third-order valence-corrected chi connectivity index (χ3v) is 6.95. The molecule has 4 aromatic rings. The average molecular weight is 641 g/mol. The number of carbonyl (C=O) groups excluding carboxylic acids is 3. The number of carbonyl (C=O) groups is 3. The SMILES string of the molecule is CCN(CC)c1ccc(/C=N/NC(=O)c2ccc(O)cc2)cc1.CCN(CC)c1ccc(C=O)cc1.NNC(=O)c1ccc(O)cc1. The van der Waals surface area contributed by atoms with Gasteiger partial charge in [0, 0.05) is 54.2 Å². The number of nitrogen functional groups attached to an aromatic ring is 1. The van der Waals surface area contributed by atoms with Gasteiger partial charge in [-0.15, -0.1) is 0 Å². The largest absolute Gasteiger partial charge is 0.508 e. The van der Waals surface area contributed by atoms with Crippen LogP contribution in [0.25, 0.3) is 0 Å². The molecule has 2 amide bonds. The number of benzene rings is 4. The summed E-state index contributed by atoms with van der Waals surface area (Å²) in [6.45, 7) is 12.4. The number of hydrogen-bond acceptors (Lipinski definition) is 9. The number of nitrogens with two attached hydrogens (primary N) is 1. The first kappa shape index (κ1) is 37.5. The Kier molecular flexibility index (Phi) is 16.3. The van der Waals surface area contributed by atoms with E-state index in [1.165, 1.54) is 47.8 Å². The van der Waals surface area contributed by atoms with Crippen LogP contribution in [0, 0.1) is 0 Å². The standard InChI is InChI=1S/C18H21N3O2.C11H15NO.C7H8N2O2/c1-3-21(4-2)16-9-5-14(6-10-16)13-19-20-18(23)15-7-11-17(22)12-8-15;1-3-12(4-2)11-7-5-10(9-13)6-8-11;8-9-7(11)5-1-3-6(10)4-2-5/h5-13,22H,3-4H2,1-2H3,(H,20,23);5-9H,3-4H2,1-2H3;1-4,10H,8H2,(H,9,11)/b19-13+;;. The molecule has 11 heteroatoms. The van der Waals surface area contributed by atoms with Crippen LogP contribution in [-0.4, -0.2) is 60.7 Å². The smallest absolute Gasteiger partial charge is 0.271 e. The van der Waals surface area contributed by atoms with Crippen molar-refractivity contribution >= 4 is 35.7 Å². The second-order valence-electron chi connectivity index (χ2n) is 9.91. The highest BCUT2D eigenvalue weighted by molar-refractivity contribution is 5.95. The van der Waals surface area contributed by atoms with Crippen LogP contribution in [-0.2, 0) is 0 Å². The first-order valence-corrected chi connectivity index (χ1v) is 15.3. The van der Waals surface area contributed by atoms with Crippen molar-refractivity contribution in [3.8, 4) is 11.5 Å². The molecule has 0 saturated carbocycles. The molecule has 0 radical (unpaired) electrons. The lowest BCUT2D eigenvalue weighted by atomic mass is 10.2. The van der Waals surface area contributed by atoms with Gasteiger partial charge in [-0.1, -0.05) is 12.1 Å². The van der Waals surface area contributed by atoms with Crippen LogP contribution in [0.15, 0.2) is 102 Å². The Labute approximate surface area is 276 Å². The Hall–Kier alpha value is -5.68. The molecule has 11 nitrogen and oxygen atoms in total. The van der Waals surface area contributed by atoms with E-state index in [0.717, 1.165) is 43.6 Å². The number of aldehydes is 1. The van der Waals surface area contributed by atoms with Crippen molar-refractivity contribution in [3.05, 3.63) is 119 Å². The zero-order valence-corrected chi connectivity index (χ0v) is 27.3. The molecule has 47 heavy (non-hydrogen) atoms. The molecule has 0 fully saturated rings. The van der Waals surface area contributed by atoms with Crippen molar-refractivity contribution < 1.29 is 24.6 Å². The van der Waals surface area contributed by atoms with E-state index in [4.69, 9.17) is 10.9 Å². The Balaban J connectivity index is 0.000000270. The van der Waals surface area contributed by atoms with Gasteiger partial charge in [0.05, 0.1) is 6.21 Å². The molecule has 0 aliphatic heterocycles. The van der Waals surface area contributed by atoms with Crippen LogP contribution < -0.4 is 26.5 Å². The van der Waals surface area contributed by atoms with Crippen LogP contribution in [0.3, 0.4) is 0 Å². The zero-order chi connectivity index (χ0) is 34.6. The van der Waals surface area contributed by atoms with E-state index >= 15 is 0 Å². The molecule has 0 saturated heterocycles. The summed E-state index contributed by atoms with van der Waals surface area (Å²) in [5, 5.41) is 22.0. The Bertz CT molecular complexity index is 1530. The lowest BCUT2D eigenvalue weighted by molar-refractivity contribution is 0.0946. The number of phenols is 2. The molecule has 0 heterocycles. The van der Waals surface area contributed by atoms with E-state index in [9.17, 15) is 19.5 Å². The Morgan fingerprint density at radius 1 is 0.638 bits per heavy atom. The van der Waals surface area contributed by atoms with E-state index in [1.807, 2.05) is 54.0 Å². The molecule has 0 aliphatic rings. The van der Waals surface area contributed by atoms with Crippen molar-refractivity contribution in [1.29, 1.82) is 0 Å². The van der Waals surface area contributed by atoms with Crippen LogP contribution in [0.5, 0.6) is 11.5 Å². The van der Waals surface area contributed by atoms with Crippen LogP contribution in [0.4, 0.5) is 11.4 Å². The molecule has 6 N–H and O–H groups in total. The summed E-state index contributed by atoms with van der Waals surface area (Å²) < 4.78 is 0. The van der Waals surface area contributed by atoms with Crippen molar-refractivity contribution in [1.82, 2.24) is 10.9 Å². The van der Waals surface area contributed by atoms with Crippen molar-refractivity contribution in [2.75, 3.05) is 36.0 Å². The molecule has 0 spiro atoms. The zero-order valence-electron chi connectivity index (χ0n) is 27.3. The number of anilines is 2. The maximum absolute atomic E-state index is 11.9. The second kappa shape index (κ2) is 20.4. The van der Waals surface area contributed by atoms with Gasteiger partial charge in [0.15, 0.2) is 0 Å². The van der Waals surface area contributed by atoms with Gasteiger partial charge in [-0.05, 0) is 118 Å². The lowest BCUT2D eigenvalue weighted by Gasteiger charge is -2.20. The predicted molar refractivity (Wildman–Crippen MR) is 188 cm³/mol. The second-order valence-corrected chi connectivity index (χ2v) is 9.91. The van der Waals surface area contributed by atoms with E-state index in [-0.39, 0.29) is 23.3 Å². The molecule has 248 valence electrons. The Morgan fingerprint density at radius 3 is 1.38 bits per heavy atom. The van der Waals surface area contributed by atoms with E-state index in [0.29, 0.717) is 11.1 Å². The van der Waals surface area contributed by atoms with Crippen molar-refractivity contribution in [2.45, 2.75) is 27.7 Å². The highest BCUT2D eigenvalue weighted by atomic mass is 16.3. The van der Waals surface area contributed by atoms with Gasteiger partial charge >= 0.3 is 0 Å². The summed E-state index contributed by atoms with van der Waals surface area (Å²) in [7, 11) is 0. The van der Waals surface area contributed by atoms with E-state index < -0.39 is 0 Å². The number of aromatic hydroxyl groups is 2. The van der Waals surface area contributed by atoms with Crippen LogP contribution in [0.2, 0.25) is 0 Å². The third kappa shape index (κ3) is 12.7. The first-order chi connectivity index (χ1) is 22.7. The molecular weight excluding hydrogens is 596 g/mol. The number of nitrogens with zero attached hydrogens (tertiary/aromatic N) is 3. The highest BCUT2D eigenvalue weighted by Gasteiger charge is 2.04. The first-order valence-electron chi connectivity index (χ1n) is 15.3. The highest BCUT2D eigenvalue weighted by Crippen LogP contribution is 2.15. The molecule has 4 aromatic carbocycles. The molecule has 0 unspecified atom stereocenters. The van der Waals surface area contributed by atoms with E-state index in [1.54, 1.807) is 18.3 Å². The van der Waals surface area contributed by atoms with Crippen molar-refractivity contribution in [3.63, 3.8) is 0 Å². The number of amides is 2. The van der Waals surface area contributed by atoms with Gasteiger partial charge in [0.1, 0.15) is 17.8 Å². The van der Waals surface area contributed by atoms with Crippen LogP contribution >= 0.6 is 0 Å². The number of hydrazine groups is 1. The monoisotopic (exact) mass is 640 g/mol. The molecule has 0 bridgehead atoms. The van der Waals surface area contributed by atoms with Gasteiger partial charge in [0.2, 0.25) is 0 Å². The summed E-state index contributed by atoms with van der Waals surface area (Å²) in [5.41, 5.74) is 9.29. The fourth-order valence-corrected chi connectivity index (χ4v) is 4.25. The minimum atomic E-state index is -0.370. The molecule has 0 atom stereocenters. The lowest BCUT2D eigenvalue weighted by Crippen LogP contribution is -2.29. The molecular formula is C36H44N6O5. The summed E-state index contributed by atoms with van der Waals surface area (Å²) in [6.07, 6.45) is 2.47. The number of rotatable bonds is 11. The van der Waals surface area contributed by atoms with Crippen molar-refractivity contribution in [2.24, 2.45) is 10.9 Å². The average Bonchev–Trinajstić information content (AvgIpc) is 3.11. The maximum atomic E-state index is 11.9. The van der Waals surface area contributed by atoms with Gasteiger partial charge in [-0.2, -0.15) is 5.10 Å². The predicted octanol–water partition coefficient (Wildman–Crippen LogP) is 5.34. The number of hydrogen-bond donors (Lipinski definition) is 5. The molecule has 0 aliphatic carbocycles. The summed E-state index contributed by atoms with van der Waals surface area (Å²) >= 11 is 0. The third-order valence-electron chi connectivity index (χ3n) is 6.95. The van der Waals surface area contributed by atoms with Gasteiger partial charge < -0.3 is 20.0 Å². The number of nitrogens with one attached hydrogen (secondary N) is 2. The summed E-state index contributed by atoms with van der Waals surface area (Å²) in [6, 6.07) is 27.5. The Morgan fingerprint density at radius 2 is 1.02 bits per heavy atom. The van der Waals surface area contributed by atoms with Crippen LogP contribution in [0.1, 0.15) is 64.3 Å². The summed E-state index contributed by atoms with van der Waals surface area (Å²) in [5.74, 6) is 4.44. The minimum absolute atomic E-state index is 0.123. The minimum Gasteiger partial charge on any atom is -0.508 e. The van der Waals surface area contributed by atoms with E-state index in [2.05, 4.69) is 48.0 Å². The fourth-order valence-electron chi connectivity index (χ4n) is 4.25. The van der Waals surface area contributed by atoms with Gasteiger partial charge in [0.25, 0.3) is 11.8 Å². The molecule has 4 rings (SSSR count). The topological polar surface area (TPSA) is 161 Å². The quantitative estimate of drug-likeness (QED) is 0.0483. The fraction of sp³-hybridized carbons (Fsp3) is 0.222. The normalized spacial score (nSPS) is 10.1. The number of phenolic OH excluding ortho intramolecular Hbond substituents is 2. The summed E-state index contributed by atoms with van der Waals surface area (Å²) in [4.78, 5) is 37.6. The maximum Gasteiger partial charge on any atom is 0.271 e. The molecule has 0 aromatic heterocycles.